The average molecular weight is 481 g/mol. The van der Waals surface area contributed by atoms with Crippen LogP contribution in [0.4, 0.5) is 23.3 Å². The number of halogens is 1. The van der Waals surface area contributed by atoms with Gasteiger partial charge in [0.15, 0.2) is 5.65 Å². The van der Waals surface area contributed by atoms with Crippen molar-refractivity contribution in [3.05, 3.63) is 34.5 Å². The smallest absolute Gasteiger partial charge is 0.232 e. The normalized spacial score (nSPS) is 15.1. The van der Waals surface area contributed by atoms with Gasteiger partial charge in [0.25, 0.3) is 0 Å². The maximum atomic E-state index is 9.65. The molecule has 1 atom stereocenters. The third-order valence-corrected chi connectivity index (χ3v) is 5.89. The minimum absolute atomic E-state index is 0.227. The number of nitrogens with zero attached hydrogens (tertiary/aromatic N) is 8. The van der Waals surface area contributed by atoms with Gasteiger partial charge in [0.1, 0.15) is 11.6 Å². The van der Waals surface area contributed by atoms with Crippen LogP contribution in [-0.4, -0.2) is 75.0 Å². The van der Waals surface area contributed by atoms with E-state index in [0.29, 0.717) is 46.5 Å². The number of nitriles is 2. The molecule has 3 N–H and O–H groups in total. The molecular formula is C22H25ClN10O. The molecule has 0 unspecified atom stereocenters. The van der Waals surface area contributed by atoms with Crippen LogP contribution in [0.2, 0.25) is 5.02 Å². The van der Waals surface area contributed by atoms with Crippen molar-refractivity contribution in [1.82, 2.24) is 24.5 Å². The summed E-state index contributed by atoms with van der Waals surface area (Å²) >= 11 is 6.79. The minimum Gasteiger partial charge on any atom is -0.392 e. The highest BCUT2D eigenvalue weighted by Crippen LogP contribution is 2.36. The average Bonchev–Trinajstić information content (AvgIpc) is 3.24. The summed E-state index contributed by atoms with van der Waals surface area (Å²) in [5.41, 5.74) is 2.36. The number of aliphatic hydroxyl groups excluding tert-OH is 1. The van der Waals surface area contributed by atoms with Crippen molar-refractivity contribution in [3.63, 3.8) is 0 Å². The lowest BCUT2D eigenvalue weighted by atomic mass is 10.1. The molecule has 0 aliphatic carbocycles. The summed E-state index contributed by atoms with van der Waals surface area (Å²) in [7, 11) is 0. The first-order chi connectivity index (χ1) is 16.4. The number of rotatable bonds is 7. The Labute approximate surface area is 202 Å². The maximum absolute atomic E-state index is 9.65. The molecule has 11 nitrogen and oxygen atoms in total. The van der Waals surface area contributed by atoms with Gasteiger partial charge in [-0.15, -0.1) is 0 Å². The molecule has 2 aromatic heterocycles. The largest absolute Gasteiger partial charge is 0.392 e. The van der Waals surface area contributed by atoms with Crippen molar-refractivity contribution in [2.45, 2.75) is 20.0 Å². The SMILES string of the molecule is CCNc1nc(Nc2cc(C#N)cc(N3CCN(C[C@@H](C)O)CC3)c2Cl)nc2c(C#N)cnn12. The lowest BCUT2D eigenvalue weighted by Gasteiger charge is -2.37. The molecule has 176 valence electrons. The zero-order chi connectivity index (χ0) is 24.2. The number of benzene rings is 1. The van der Waals surface area contributed by atoms with Crippen molar-refractivity contribution in [2.75, 3.05) is 54.8 Å². The molecule has 0 bridgehead atoms. The van der Waals surface area contributed by atoms with E-state index in [1.165, 1.54) is 10.7 Å². The highest BCUT2D eigenvalue weighted by atomic mass is 35.5. The van der Waals surface area contributed by atoms with Gasteiger partial charge in [-0.2, -0.15) is 30.1 Å². The van der Waals surface area contributed by atoms with Gasteiger partial charge in [-0.25, -0.2) is 0 Å². The number of hydrogen-bond acceptors (Lipinski definition) is 10. The van der Waals surface area contributed by atoms with Gasteiger partial charge in [-0.05, 0) is 26.0 Å². The maximum Gasteiger partial charge on any atom is 0.232 e. The van der Waals surface area contributed by atoms with Gasteiger partial charge in [0.05, 0.1) is 40.3 Å². The molecule has 0 spiro atoms. The Kier molecular flexibility index (Phi) is 6.98. The molecule has 4 rings (SSSR count). The molecule has 0 radical (unpaired) electrons. The quantitative estimate of drug-likeness (QED) is 0.460. The summed E-state index contributed by atoms with van der Waals surface area (Å²) < 4.78 is 1.47. The van der Waals surface area contributed by atoms with E-state index in [4.69, 9.17) is 11.6 Å². The summed E-state index contributed by atoms with van der Waals surface area (Å²) in [4.78, 5) is 13.3. The number of aliphatic hydroxyl groups is 1. The van der Waals surface area contributed by atoms with Gasteiger partial charge < -0.3 is 20.6 Å². The van der Waals surface area contributed by atoms with Crippen molar-refractivity contribution in [3.8, 4) is 12.1 Å². The topological polar surface area (TPSA) is 141 Å². The van der Waals surface area contributed by atoms with Gasteiger partial charge in [-0.1, -0.05) is 11.6 Å². The molecule has 0 saturated carbocycles. The molecule has 34 heavy (non-hydrogen) atoms. The summed E-state index contributed by atoms with van der Waals surface area (Å²) in [6.45, 7) is 7.93. The Morgan fingerprint density at radius 3 is 2.59 bits per heavy atom. The number of fused-ring (bicyclic) bond motifs is 1. The van der Waals surface area contributed by atoms with Gasteiger partial charge >= 0.3 is 0 Å². The van der Waals surface area contributed by atoms with Gasteiger partial charge in [0, 0.05) is 39.3 Å². The van der Waals surface area contributed by atoms with E-state index in [9.17, 15) is 15.6 Å². The van der Waals surface area contributed by atoms with Crippen LogP contribution in [0.25, 0.3) is 5.65 Å². The van der Waals surface area contributed by atoms with Crippen LogP contribution in [0, 0.1) is 22.7 Å². The van der Waals surface area contributed by atoms with Crippen LogP contribution < -0.4 is 15.5 Å². The number of nitrogens with one attached hydrogen (secondary N) is 2. The predicted octanol–water partition coefficient (Wildman–Crippen LogP) is 2.20. The molecule has 12 heteroatoms. The third-order valence-electron chi connectivity index (χ3n) is 5.49. The van der Waals surface area contributed by atoms with E-state index in [2.05, 4.69) is 47.6 Å². The number of anilines is 4. The highest BCUT2D eigenvalue weighted by Gasteiger charge is 2.22. The molecule has 1 aliphatic rings. The van der Waals surface area contributed by atoms with Gasteiger partial charge in [0.2, 0.25) is 11.9 Å². The van der Waals surface area contributed by atoms with Crippen LogP contribution in [0.15, 0.2) is 18.3 Å². The number of hydrogen-bond donors (Lipinski definition) is 3. The Balaban J connectivity index is 1.66. The van der Waals surface area contributed by atoms with E-state index >= 15 is 0 Å². The van der Waals surface area contributed by atoms with E-state index in [1.54, 1.807) is 19.1 Å². The highest BCUT2D eigenvalue weighted by molar-refractivity contribution is 6.36. The van der Waals surface area contributed by atoms with Gasteiger partial charge in [-0.3, -0.25) is 4.90 Å². The molecular weight excluding hydrogens is 456 g/mol. The summed E-state index contributed by atoms with van der Waals surface area (Å²) in [5, 5.41) is 39.5. The fourth-order valence-electron chi connectivity index (χ4n) is 3.95. The number of aromatic nitrogens is 4. The second-order valence-electron chi connectivity index (χ2n) is 8.04. The molecule has 1 fully saturated rings. The molecule has 0 amide bonds. The van der Waals surface area contributed by atoms with Crippen molar-refractivity contribution in [1.29, 1.82) is 10.5 Å². The Morgan fingerprint density at radius 2 is 1.94 bits per heavy atom. The number of piperazine rings is 1. The second kappa shape index (κ2) is 10.1. The minimum atomic E-state index is -0.380. The van der Waals surface area contributed by atoms with Crippen LogP contribution >= 0.6 is 11.6 Å². The van der Waals surface area contributed by atoms with E-state index in [0.717, 1.165) is 31.9 Å². The second-order valence-corrected chi connectivity index (χ2v) is 8.41. The first-order valence-corrected chi connectivity index (χ1v) is 11.4. The van der Waals surface area contributed by atoms with E-state index in [1.807, 2.05) is 6.92 Å². The lowest BCUT2D eigenvalue weighted by Crippen LogP contribution is -2.48. The molecule has 1 aromatic carbocycles. The van der Waals surface area contributed by atoms with Crippen LogP contribution in [-0.2, 0) is 0 Å². The summed E-state index contributed by atoms with van der Waals surface area (Å²) in [6.07, 6.45) is 1.06. The summed E-state index contributed by atoms with van der Waals surface area (Å²) in [6, 6.07) is 7.70. The van der Waals surface area contributed by atoms with Crippen LogP contribution in [0.1, 0.15) is 25.0 Å². The van der Waals surface area contributed by atoms with Crippen molar-refractivity contribution >= 4 is 40.5 Å². The Hall–Kier alpha value is -3.64. The van der Waals surface area contributed by atoms with Crippen LogP contribution in [0.5, 0.6) is 0 Å². The van der Waals surface area contributed by atoms with E-state index in [-0.39, 0.29) is 12.1 Å². The molecule has 1 aliphatic heterocycles. The standard InChI is InChI=1S/C22H25ClN10O/c1-3-26-22-30-21(29-20-16(11-25)12-27-33(20)22)28-17-8-15(10-24)9-18(19(17)23)32-6-4-31(5-7-32)13-14(2)34/h8-9,12,14,34H,3-7,13H2,1-2H3,(H2,26,28,29,30)/t14-/m1/s1. The predicted molar refractivity (Wildman–Crippen MR) is 129 cm³/mol. The fourth-order valence-corrected chi connectivity index (χ4v) is 4.22. The molecule has 3 aromatic rings. The molecule has 1 saturated heterocycles. The first kappa shape index (κ1) is 23.5. The Morgan fingerprint density at radius 1 is 1.18 bits per heavy atom. The fraction of sp³-hybridized carbons (Fsp3) is 0.409. The zero-order valence-electron chi connectivity index (χ0n) is 19.0. The van der Waals surface area contributed by atoms with Crippen molar-refractivity contribution < 1.29 is 5.11 Å². The van der Waals surface area contributed by atoms with E-state index < -0.39 is 0 Å². The zero-order valence-corrected chi connectivity index (χ0v) is 19.7. The van der Waals surface area contributed by atoms with Crippen LogP contribution in [0.3, 0.4) is 0 Å². The first-order valence-electron chi connectivity index (χ1n) is 11.0. The number of β-amino-alcohol motifs (C(OH)–C–C–N with tert-alkyl or cyclic N) is 1. The lowest BCUT2D eigenvalue weighted by molar-refractivity contribution is 0.123. The molecule has 3 heterocycles. The van der Waals surface area contributed by atoms with Crippen molar-refractivity contribution in [2.24, 2.45) is 0 Å². The Bertz CT molecular complexity index is 1270. The third kappa shape index (κ3) is 4.82. The monoisotopic (exact) mass is 480 g/mol. The summed E-state index contributed by atoms with van der Waals surface area (Å²) in [5.74, 6) is 0.656.